The van der Waals surface area contributed by atoms with Crippen molar-refractivity contribution >= 4 is 34.4 Å². The summed E-state index contributed by atoms with van der Waals surface area (Å²) in [6.07, 6.45) is 0. The van der Waals surface area contributed by atoms with Crippen molar-refractivity contribution in [2.45, 2.75) is 6.92 Å². The van der Waals surface area contributed by atoms with Crippen LogP contribution in [-0.4, -0.2) is 26.1 Å². The average Bonchev–Trinajstić information content (AvgIpc) is 2.76. The number of nitrogen functional groups attached to an aromatic ring is 2. The molecule has 0 radical (unpaired) electrons. The summed E-state index contributed by atoms with van der Waals surface area (Å²) in [6, 6.07) is 5.50. The van der Waals surface area contributed by atoms with Crippen molar-refractivity contribution in [3.63, 3.8) is 0 Å². The number of hydrogen-bond donors (Lipinski definition) is 2. The summed E-state index contributed by atoms with van der Waals surface area (Å²) >= 11 is 0. The topological polar surface area (TPSA) is 140 Å². The highest BCUT2D eigenvalue weighted by Crippen LogP contribution is 2.31. The molecule has 0 fully saturated rings. The summed E-state index contributed by atoms with van der Waals surface area (Å²) < 4.78 is 57.9. The monoisotopic (exact) mass is 470 g/mol. The number of rotatable bonds is 4. The lowest BCUT2D eigenvalue weighted by Gasteiger charge is -2.26. The maximum Gasteiger partial charge on any atom is 0.270 e. The number of hydrogen-bond acceptors (Lipinski definition) is 8. The molecule has 0 spiro atoms. The normalized spacial score (nSPS) is 10.9. The lowest BCUT2D eigenvalue weighted by atomic mass is 10.2. The van der Waals surface area contributed by atoms with Crippen LogP contribution in [0.25, 0.3) is 16.6 Å². The zero-order valence-corrected chi connectivity index (χ0v) is 17.4. The number of nitriles is 1. The van der Waals surface area contributed by atoms with Crippen LogP contribution in [0.2, 0.25) is 0 Å². The molecule has 0 aliphatic heterocycles. The first kappa shape index (κ1) is 22.5. The number of benzene rings is 2. The molecule has 4 aromatic rings. The van der Waals surface area contributed by atoms with Crippen LogP contribution in [0, 0.1) is 34.6 Å². The van der Waals surface area contributed by atoms with Gasteiger partial charge in [0.2, 0.25) is 11.9 Å². The van der Waals surface area contributed by atoms with E-state index in [2.05, 4.69) is 15.0 Å². The highest BCUT2D eigenvalue weighted by Gasteiger charge is 2.26. The first-order chi connectivity index (χ1) is 16.2. The number of fused-ring (bicyclic) bond motifs is 1. The number of anilines is 4. The number of nitrogens with zero attached hydrogens (tertiary/aromatic N) is 6. The summed E-state index contributed by atoms with van der Waals surface area (Å²) in [4.78, 5) is 26.3. The zero-order chi connectivity index (χ0) is 24.7. The van der Waals surface area contributed by atoms with Crippen LogP contribution >= 0.6 is 0 Å². The molecule has 34 heavy (non-hydrogen) atoms. The first-order valence-corrected chi connectivity index (χ1v) is 9.64. The maximum atomic E-state index is 14.6. The molecule has 0 aliphatic rings. The number of aromatic nitrogens is 4. The minimum Gasteiger partial charge on any atom is -0.382 e. The van der Waals surface area contributed by atoms with E-state index in [9.17, 15) is 27.6 Å². The van der Waals surface area contributed by atoms with Crippen molar-refractivity contribution in [3.8, 4) is 11.8 Å². The summed E-state index contributed by atoms with van der Waals surface area (Å²) in [5.74, 6) is -5.44. The molecule has 0 saturated heterocycles. The Balaban J connectivity index is 2.19. The predicted molar refractivity (Wildman–Crippen MR) is 115 cm³/mol. The van der Waals surface area contributed by atoms with E-state index in [0.29, 0.717) is 10.6 Å². The second kappa shape index (κ2) is 8.32. The van der Waals surface area contributed by atoms with E-state index in [4.69, 9.17) is 11.5 Å². The van der Waals surface area contributed by atoms with Gasteiger partial charge in [-0.05, 0) is 31.2 Å². The van der Waals surface area contributed by atoms with Crippen LogP contribution in [0.15, 0.2) is 35.1 Å². The first-order valence-electron chi connectivity index (χ1n) is 9.64. The number of halogens is 4. The van der Waals surface area contributed by atoms with Crippen molar-refractivity contribution < 1.29 is 17.6 Å². The van der Waals surface area contributed by atoms with Crippen molar-refractivity contribution in [2.24, 2.45) is 0 Å². The van der Waals surface area contributed by atoms with Gasteiger partial charge in [-0.3, -0.25) is 9.69 Å². The Morgan fingerprint density at radius 2 is 1.68 bits per heavy atom. The Bertz CT molecular complexity index is 1540. The molecule has 0 atom stereocenters. The molecule has 2 aromatic carbocycles. The van der Waals surface area contributed by atoms with Crippen LogP contribution in [0.3, 0.4) is 0 Å². The van der Waals surface area contributed by atoms with Crippen molar-refractivity contribution in [1.82, 2.24) is 19.5 Å². The second-order valence-electron chi connectivity index (χ2n) is 6.95. The van der Waals surface area contributed by atoms with Gasteiger partial charge in [-0.25, -0.2) is 27.1 Å². The predicted octanol–water partition coefficient (Wildman–Crippen LogP) is 2.93. The van der Waals surface area contributed by atoms with E-state index in [1.165, 1.54) is 0 Å². The van der Waals surface area contributed by atoms with E-state index in [0.717, 1.165) is 29.2 Å². The lowest BCUT2D eigenvalue weighted by molar-refractivity contribution is 0.580. The molecule has 0 saturated carbocycles. The van der Waals surface area contributed by atoms with E-state index in [-0.39, 0.29) is 35.4 Å². The Morgan fingerprint density at radius 3 is 2.29 bits per heavy atom. The van der Waals surface area contributed by atoms with E-state index >= 15 is 0 Å². The van der Waals surface area contributed by atoms with Gasteiger partial charge in [-0.1, -0.05) is 0 Å². The Kier molecular flexibility index (Phi) is 5.50. The van der Waals surface area contributed by atoms with Crippen molar-refractivity contribution in [2.75, 3.05) is 22.9 Å². The SMILES string of the molecule is CCN(c1nc(N)nc(N)c1C#N)c1nc2c(F)ccc(F)c2c(=O)n1-c1cc(F)cc(F)c1. The standard InChI is InChI=1S/C21H14F4N8O/c1-2-32(18-12(8-26)17(27)30-20(28)31-18)21-29-16-14(25)4-3-13(24)15(16)19(34)33(21)11-6-9(22)5-10(23)7-11/h3-7H,2H2,1H3,(H4,27,28,30,31). The minimum atomic E-state index is -1.16. The fourth-order valence-corrected chi connectivity index (χ4v) is 3.46. The summed E-state index contributed by atoms with van der Waals surface area (Å²) in [7, 11) is 0. The van der Waals surface area contributed by atoms with Crippen LogP contribution in [0.5, 0.6) is 0 Å². The van der Waals surface area contributed by atoms with Gasteiger partial charge >= 0.3 is 0 Å². The molecule has 2 aromatic heterocycles. The quantitative estimate of drug-likeness (QED) is 0.434. The third-order valence-corrected chi connectivity index (χ3v) is 4.87. The van der Waals surface area contributed by atoms with Gasteiger partial charge in [0.15, 0.2) is 5.82 Å². The summed E-state index contributed by atoms with van der Waals surface area (Å²) in [5, 5.41) is 8.83. The van der Waals surface area contributed by atoms with Gasteiger partial charge < -0.3 is 11.5 Å². The third-order valence-electron chi connectivity index (χ3n) is 4.87. The molecular formula is C21H14F4N8O. The molecule has 4 rings (SSSR count). The van der Waals surface area contributed by atoms with Crippen LogP contribution in [0.4, 0.5) is 41.1 Å². The zero-order valence-electron chi connectivity index (χ0n) is 17.4. The summed E-state index contributed by atoms with van der Waals surface area (Å²) in [5.41, 5.74) is 9.03. The highest BCUT2D eigenvalue weighted by atomic mass is 19.1. The van der Waals surface area contributed by atoms with Gasteiger partial charge in [0.05, 0.1) is 5.69 Å². The second-order valence-corrected chi connectivity index (χ2v) is 6.95. The molecule has 0 unspecified atom stereocenters. The van der Waals surface area contributed by atoms with Gasteiger partial charge in [0, 0.05) is 12.6 Å². The molecule has 4 N–H and O–H groups in total. The molecule has 13 heteroatoms. The smallest absolute Gasteiger partial charge is 0.270 e. The Hall–Kier alpha value is -4.73. The largest absolute Gasteiger partial charge is 0.382 e. The highest BCUT2D eigenvalue weighted by molar-refractivity contribution is 5.82. The van der Waals surface area contributed by atoms with Gasteiger partial charge in [0.1, 0.15) is 51.6 Å². The number of nitrogens with two attached hydrogens (primary N) is 2. The van der Waals surface area contributed by atoms with Gasteiger partial charge in [0.25, 0.3) is 5.56 Å². The van der Waals surface area contributed by atoms with Crippen LogP contribution in [-0.2, 0) is 0 Å². The molecule has 9 nitrogen and oxygen atoms in total. The molecule has 0 bridgehead atoms. The van der Waals surface area contributed by atoms with Gasteiger partial charge in [-0.2, -0.15) is 15.2 Å². The fourth-order valence-electron chi connectivity index (χ4n) is 3.46. The van der Waals surface area contributed by atoms with E-state index < -0.39 is 45.7 Å². The molecule has 0 amide bonds. The third kappa shape index (κ3) is 3.60. The molecular weight excluding hydrogens is 456 g/mol. The van der Waals surface area contributed by atoms with Crippen molar-refractivity contribution in [1.29, 1.82) is 5.26 Å². The average molecular weight is 470 g/mol. The van der Waals surface area contributed by atoms with Crippen LogP contribution < -0.4 is 21.9 Å². The summed E-state index contributed by atoms with van der Waals surface area (Å²) in [6.45, 7) is 1.50. The van der Waals surface area contributed by atoms with Crippen LogP contribution in [0.1, 0.15) is 12.5 Å². The van der Waals surface area contributed by atoms with E-state index in [1.807, 2.05) is 6.07 Å². The van der Waals surface area contributed by atoms with Gasteiger partial charge in [-0.15, -0.1) is 0 Å². The Labute approximate surface area is 188 Å². The van der Waals surface area contributed by atoms with E-state index in [1.54, 1.807) is 6.92 Å². The minimum absolute atomic E-state index is 0.0583. The molecule has 172 valence electrons. The fraction of sp³-hybridized carbons (Fsp3) is 0.0952. The maximum absolute atomic E-state index is 14.6. The Morgan fingerprint density at radius 1 is 1.03 bits per heavy atom. The van der Waals surface area contributed by atoms with Crippen molar-refractivity contribution in [3.05, 3.63) is 69.5 Å². The molecule has 2 heterocycles. The molecule has 0 aliphatic carbocycles. The lowest BCUT2D eigenvalue weighted by Crippen LogP contribution is -2.31.